The van der Waals surface area contributed by atoms with E-state index in [9.17, 15) is 22.8 Å². The van der Waals surface area contributed by atoms with Gasteiger partial charge in [-0.1, -0.05) is 18.0 Å². The summed E-state index contributed by atoms with van der Waals surface area (Å²) in [7, 11) is 0. The van der Waals surface area contributed by atoms with Crippen molar-refractivity contribution in [3.8, 4) is 0 Å². The maximum absolute atomic E-state index is 13.0. The Morgan fingerprint density at radius 1 is 1.07 bits per heavy atom. The number of hydrogen-bond acceptors (Lipinski definition) is 2. The molecule has 0 bridgehead atoms. The van der Waals surface area contributed by atoms with Crippen molar-refractivity contribution in [1.29, 1.82) is 0 Å². The zero-order chi connectivity index (χ0) is 21.2. The Morgan fingerprint density at radius 3 is 2.41 bits per heavy atom. The SMILES string of the molecule is Cc1cc(C(=O)N[C@@H]2CCC[C@@H]2C(=O)Nc2ccc(Cl)cc2)cc(C(F)(F)F)c1. The molecule has 1 aliphatic rings. The van der Waals surface area contributed by atoms with E-state index in [1.807, 2.05) is 0 Å². The fraction of sp³-hybridized carbons (Fsp3) is 0.333. The van der Waals surface area contributed by atoms with Crippen LogP contribution in [0.25, 0.3) is 0 Å². The van der Waals surface area contributed by atoms with Crippen LogP contribution in [-0.2, 0) is 11.0 Å². The highest BCUT2D eigenvalue weighted by Gasteiger charge is 2.35. The van der Waals surface area contributed by atoms with Crippen molar-refractivity contribution in [2.45, 2.75) is 38.4 Å². The average Bonchev–Trinajstić information content (AvgIpc) is 3.10. The van der Waals surface area contributed by atoms with Gasteiger partial charge in [-0.2, -0.15) is 13.2 Å². The standard InChI is InChI=1S/C21H20ClF3N2O2/c1-12-9-13(11-14(10-12)21(23,24)25)19(28)27-18-4-2-3-17(18)20(29)26-16-7-5-15(22)6-8-16/h5-11,17-18H,2-4H2,1H3,(H,26,29)(H,27,28)/t17-,18+/m0/s1. The molecular formula is C21H20ClF3N2O2. The zero-order valence-corrected chi connectivity index (χ0v) is 16.4. The largest absolute Gasteiger partial charge is 0.416 e. The Labute approximate surface area is 171 Å². The molecular weight excluding hydrogens is 405 g/mol. The summed E-state index contributed by atoms with van der Waals surface area (Å²) in [5, 5.41) is 6.08. The molecule has 2 aromatic rings. The minimum atomic E-state index is -4.53. The maximum Gasteiger partial charge on any atom is 0.416 e. The number of benzene rings is 2. The molecule has 1 saturated carbocycles. The second-order valence-electron chi connectivity index (χ2n) is 7.20. The van der Waals surface area contributed by atoms with Crippen LogP contribution in [0.1, 0.15) is 40.7 Å². The summed E-state index contributed by atoms with van der Waals surface area (Å²) in [5.41, 5.74) is -0.00880. The number of anilines is 1. The minimum Gasteiger partial charge on any atom is -0.349 e. The predicted molar refractivity (Wildman–Crippen MR) is 105 cm³/mol. The Kier molecular flexibility index (Phi) is 6.17. The van der Waals surface area contributed by atoms with Crippen molar-refractivity contribution in [2.24, 2.45) is 5.92 Å². The summed E-state index contributed by atoms with van der Waals surface area (Å²) in [5.74, 6) is -1.31. The maximum atomic E-state index is 13.0. The highest BCUT2D eigenvalue weighted by molar-refractivity contribution is 6.30. The number of amides is 2. The van der Waals surface area contributed by atoms with Crippen molar-refractivity contribution >= 4 is 29.1 Å². The van der Waals surface area contributed by atoms with E-state index in [-0.39, 0.29) is 11.5 Å². The third-order valence-corrected chi connectivity index (χ3v) is 5.20. The van der Waals surface area contributed by atoms with Gasteiger partial charge in [-0.3, -0.25) is 9.59 Å². The normalized spacial score (nSPS) is 19.1. The summed E-state index contributed by atoms with van der Waals surface area (Å²) in [6.45, 7) is 1.50. The first-order valence-corrected chi connectivity index (χ1v) is 9.57. The van der Waals surface area contributed by atoms with Gasteiger partial charge in [0.25, 0.3) is 5.91 Å². The average molecular weight is 425 g/mol. The van der Waals surface area contributed by atoms with E-state index in [1.54, 1.807) is 24.3 Å². The van der Waals surface area contributed by atoms with Gasteiger partial charge in [0.15, 0.2) is 0 Å². The number of carbonyl (C=O) groups is 2. The summed E-state index contributed by atoms with van der Waals surface area (Å²) in [6.07, 6.45) is -2.62. The first-order chi connectivity index (χ1) is 13.6. The molecule has 2 aromatic carbocycles. The molecule has 1 fully saturated rings. The summed E-state index contributed by atoms with van der Waals surface area (Å²) >= 11 is 5.83. The van der Waals surface area contributed by atoms with Gasteiger partial charge in [0.05, 0.1) is 11.5 Å². The molecule has 0 aliphatic heterocycles. The number of carbonyl (C=O) groups excluding carboxylic acids is 2. The van der Waals surface area contributed by atoms with Crippen molar-refractivity contribution in [3.63, 3.8) is 0 Å². The second kappa shape index (κ2) is 8.45. The van der Waals surface area contributed by atoms with Crippen LogP contribution in [0.3, 0.4) is 0 Å². The first kappa shape index (κ1) is 21.2. The van der Waals surface area contributed by atoms with E-state index in [0.29, 0.717) is 29.1 Å². The molecule has 0 radical (unpaired) electrons. The van der Waals surface area contributed by atoms with Gasteiger partial charge in [-0.05, 0) is 67.8 Å². The van der Waals surface area contributed by atoms with Crippen molar-refractivity contribution in [1.82, 2.24) is 5.32 Å². The lowest BCUT2D eigenvalue weighted by atomic mass is 10.0. The molecule has 154 valence electrons. The first-order valence-electron chi connectivity index (χ1n) is 9.19. The summed E-state index contributed by atoms with van der Waals surface area (Å²) in [6, 6.07) is 9.45. The van der Waals surface area contributed by atoms with Crippen molar-refractivity contribution in [2.75, 3.05) is 5.32 Å². The van der Waals surface area contributed by atoms with Gasteiger partial charge in [-0.25, -0.2) is 0 Å². The molecule has 3 rings (SSSR count). The quantitative estimate of drug-likeness (QED) is 0.708. The highest BCUT2D eigenvalue weighted by Crippen LogP contribution is 2.31. The number of hydrogen-bond donors (Lipinski definition) is 2. The molecule has 0 heterocycles. The molecule has 29 heavy (non-hydrogen) atoms. The number of alkyl halides is 3. The van der Waals surface area contributed by atoms with Gasteiger partial charge < -0.3 is 10.6 Å². The fourth-order valence-electron chi connectivity index (χ4n) is 3.54. The molecule has 2 N–H and O–H groups in total. The fourth-order valence-corrected chi connectivity index (χ4v) is 3.67. The molecule has 4 nitrogen and oxygen atoms in total. The number of rotatable bonds is 4. The van der Waals surface area contributed by atoms with Crippen LogP contribution in [0.2, 0.25) is 5.02 Å². The lowest BCUT2D eigenvalue weighted by molar-refractivity contribution is -0.137. The van der Waals surface area contributed by atoms with Crippen LogP contribution in [0.15, 0.2) is 42.5 Å². The van der Waals surface area contributed by atoms with Crippen LogP contribution >= 0.6 is 11.6 Å². The smallest absolute Gasteiger partial charge is 0.349 e. The van der Waals surface area contributed by atoms with Gasteiger partial charge in [-0.15, -0.1) is 0 Å². The molecule has 2 atom stereocenters. The molecule has 0 unspecified atom stereocenters. The van der Waals surface area contributed by atoms with E-state index in [1.165, 1.54) is 13.0 Å². The lowest BCUT2D eigenvalue weighted by Crippen LogP contribution is -2.42. The van der Waals surface area contributed by atoms with Crippen molar-refractivity contribution in [3.05, 3.63) is 64.2 Å². The van der Waals surface area contributed by atoms with Crippen LogP contribution in [0, 0.1) is 12.8 Å². The Morgan fingerprint density at radius 2 is 1.76 bits per heavy atom. The molecule has 0 saturated heterocycles. The third kappa shape index (κ3) is 5.29. The van der Waals surface area contributed by atoms with Crippen LogP contribution in [0.5, 0.6) is 0 Å². The Hall–Kier alpha value is -2.54. The monoisotopic (exact) mass is 424 g/mol. The third-order valence-electron chi connectivity index (χ3n) is 4.95. The molecule has 1 aliphatic carbocycles. The summed E-state index contributed by atoms with van der Waals surface area (Å²) < 4.78 is 39.1. The van der Waals surface area contributed by atoms with Gasteiger partial charge in [0.2, 0.25) is 5.91 Å². The number of aryl methyl sites for hydroxylation is 1. The van der Waals surface area contributed by atoms with Crippen molar-refractivity contribution < 1.29 is 22.8 Å². The molecule has 0 aromatic heterocycles. The minimum absolute atomic E-state index is 0.0684. The topological polar surface area (TPSA) is 58.2 Å². The second-order valence-corrected chi connectivity index (χ2v) is 7.64. The Balaban J connectivity index is 1.70. The zero-order valence-electron chi connectivity index (χ0n) is 15.6. The summed E-state index contributed by atoms with van der Waals surface area (Å²) in [4.78, 5) is 25.2. The van der Waals surface area contributed by atoms with Gasteiger partial charge in [0, 0.05) is 22.3 Å². The number of halogens is 4. The predicted octanol–water partition coefficient (Wildman–Crippen LogP) is 5.20. The lowest BCUT2D eigenvalue weighted by Gasteiger charge is -2.21. The van der Waals surface area contributed by atoms with E-state index in [0.717, 1.165) is 18.6 Å². The molecule has 2 amide bonds. The van der Waals surface area contributed by atoms with Crippen LogP contribution < -0.4 is 10.6 Å². The highest BCUT2D eigenvalue weighted by atomic mass is 35.5. The van der Waals surface area contributed by atoms with E-state index in [4.69, 9.17) is 11.6 Å². The van der Waals surface area contributed by atoms with Crippen LogP contribution in [0.4, 0.5) is 18.9 Å². The number of nitrogens with one attached hydrogen (secondary N) is 2. The molecule has 0 spiro atoms. The molecule has 8 heteroatoms. The van der Waals surface area contributed by atoms with Gasteiger partial charge in [0.1, 0.15) is 0 Å². The van der Waals surface area contributed by atoms with E-state index < -0.39 is 29.6 Å². The van der Waals surface area contributed by atoms with E-state index in [2.05, 4.69) is 10.6 Å². The van der Waals surface area contributed by atoms with Gasteiger partial charge >= 0.3 is 6.18 Å². The Bertz CT molecular complexity index is 913. The van der Waals surface area contributed by atoms with Crippen LogP contribution in [-0.4, -0.2) is 17.9 Å². The van der Waals surface area contributed by atoms with E-state index >= 15 is 0 Å².